The smallest absolute Gasteiger partial charge is 0.411 e. The van der Waals surface area contributed by atoms with Crippen molar-refractivity contribution in [3.63, 3.8) is 0 Å². The average Bonchev–Trinajstić information content (AvgIpc) is 2.52. The molecule has 0 aliphatic heterocycles. The summed E-state index contributed by atoms with van der Waals surface area (Å²) in [7, 11) is 2.91. The van der Waals surface area contributed by atoms with Crippen molar-refractivity contribution in [2.24, 2.45) is 0 Å². The van der Waals surface area contributed by atoms with Crippen LogP contribution in [0.2, 0.25) is 5.02 Å². The Hall–Kier alpha value is -2.40. The second-order valence-corrected chi connectivity index (χ2v) is 5.03. The first-order valence-corrected chi connectivity index (χ1v) is 6.97. The molecule has 0 fully saturated rings. The van der Waals surface area contributed by atoms with Gasteiger partial charge in [0.05, 0.1) is 19.9 Å². The van der Waals surface area contributed by atoms with E-state index in [2.05, 4.69) is 15.4 Å². The maximum Gasteiger partial charge on any atom is 0.411 e. The Morgan fingerprint density at radius 2 is 1.73 bits per heavy atom. The van der Waals surface area contributed by atoms with Gasteiger partial charge in [0.2, 0.25) is 0 Å². The number of methoxy groups -OCH3 is 2. The highest BCUT2D eigenvalue weighted by molar-refractivity contribution is 6.31. The molecule has 0 saturated carbocycles. The standard InChI is InChI=1S/C16H17ClN2O3/c1-10-8-14(15(21-2)9-13(10)17)18-11-4-6-12(7-5-11)19-16(20)22-3/h4-9,18H,1-3H3,(H,19,20). The molecule has 0 heterocycles. The molecular formula is C16H17ClN2O3. The van der Waals surface area contributed by atoms with Gasteiger partial charge in [0.25, 0.3) is 0 Å². The van der Waals surface area contributed by atoms with Crippen molar-refractivity contribution in [3.8, 4) is 5.75 Å². The molecule has 1 amide bonds. The molecule has 0 aliphatic rings. The maximum atomic E-state index is 11.1. The average molecular weight is 321 g/mol. The molecule has 0 bridgehead atoms. The van der Waals surface area contributed by atoms with Crippen LogP contribution in [0.4, 0.5) is 21.9 Å². The van der Waals surface area contributed by atoms with Gasteiger partial charge >= 0.3 is 6.09 Å². The van der Waals surface area contributed by atoms with E-state index in [0.717, 1.165) is 16.9 Å². The van der Waals surface area contributed by atoms with E-state index in [9.17, 15) is 4.79 Å². The van der Waals surface area contributed by atoms with Crippen LogP contribution in [-0.2, 0) is 4.74 Å². The molecule has 116 valence electrons. The Bertz CT molecular complexity index is 672. The minimum absolute atomic E-state index is 0.504. The lowest BCUT2D eigenvalue weighted by Gasteiger charge is -2.13. The normalized spacial score (nSPS) is 10.0. The van der Waals surface area contributed by atoms with E-state index in [1.54, 1.807) is 25.3 Å². The molecule has 0 atom stereocenters. The lowest BCUT2D eigenvalue weighted by atomic mass is 10.2. The number of ether oxygens (including phenoxy) is 2. The van der Waals surface area contributed by atoms with Gasteiger partial charge in [0.15, 0.2) is 0 Å². The molecule has 0 aliphatic carbocycles. The van der Waals surface area contributed by atoms with Gasteiger partial charge in [-0.25, -0.2) is 4.79 Å². The van der Waals surface area contributed by atoms with Crippen molar-refractivity contribution in [2.75, 3.05) is 24.9 Å². The Morgan fingerprint density at radius 3 is 2.32 bits per heavy atom. The molecule has 2 N–H and O–H groups in total. The van der Waals surface area contributed by atoms with E-state index in [1.807, 2.05) is 25.1 Å². The molecule has 0 spiro atoms. The van der Waals surface area contributed by atoms with Crippen LogP contribution in [0.1, 0.15) is 5.56 Å². The lowest BCUT2D eigenvalue weighted by Crippen LogP contribution is -2.10. The third kappa shape index (κ3) is 3.83. The molecule has 6 heteroatoms. The monoisotopic (exact) mass is 320 g/mol. The first kappa shape index (κ1) is 16.0. The zero-order chi connectivity index (χ0) is 16.1. The second kappa shape index (κ2) is 7.04. The van der Waals surface area contributed by atoms with Gasteiger partial charge in [0, 0.05) is 22.5 Å². The van der Waals surface area contributed by atoms with Crippen LogP contribution in [0, 0.1) is 6.92 Å². The number of rotatable bonds is 4. The summed E-state index contributed by atoms with van der Waals surface area (Å²) >= 11 is 6.09. The summed E-state index contributed by atoms with van der Waals surface area (Å²) in [6, 6.07) is 10.9. The predicted octanol–water partition coefficient (Wildman–Crippen LogP) is 4.58. The fourth-order valence-corrected chi connectivity index (χ4v) is 2.04. The number of hydrogen-bond acceptors (Lipinski definition) is 4. The minimum Gasteiger partial charge on any atom is -0.495 e. The summed E-state index contributed by atoms with van der Waals surface area (Å²) in [6.07, 6.45) is -0.504. The van der Waals surface area contributed by atoms with Crippen LogP contribution >= 0.6 is 11.6 Å². The van der Waals surface area contributed by atoms with Gasteiger partial charge < -0.3 is 14.8 Å². The van der Waals surface area contributed by atoms with Crippen LogP contribution in [0.5, 0.6) is 5.75 Å². The van der Waals surface area contributed by atoms with Crippen LogP contribution in [0.15, 0.2) is 36.4 Å². The van der Waals surface area contributed by atoms with Gasteiger partial charge in [-0.3, -0.25) is 5.32 Å². The molecule has 2 aromatic rings. The summed E-state index contributed by atoms with van der Waals surface area (Å²) in [6.45, 7) is 1.93. The van der Waals surface area contributed by atoms with Gasteiger partial charge in [-0.05, 0) is 42.8 Å². The van der Waals surface area contributed by atoms with Crippen molar-refractivity contribution in [2.45, 2.75) is 6.92 Å². The quantitative estimate of drug-likeness (QED) is 0.865. The summed E-state index contributed by atoms with van der Waals surface area (Å²) in [5.41, 5.74) is 3.28. The highest BCUT2D eigenvalue weighted by atomic mass is 35.5. The number of carbonyl (C=O) groups is 1. The lowest BCUT2D eigenvalue weighted by molar-refractivity contribution is 0.187. The van der Waals surface area contributed by atoms with E-state index >= 15 is 0 Å². The topological polar surface area (TPSA) is 59.6 Å². The van der Waals surface area contributed by atoms with Gasteiger partial charge in [0.1, 0.15) is 5.75 Å². The molecule has 0 unspecified atom stereocenters. The van der Waals surface area contributed by atoms with E-state index < -0.39 is 6.09 Å². The van der Waals surface area contributed by atoms with Gasteiger partial charge in [-0.2, -0.15) is 0 Å². The van der Waals surface area contributed by atoms with E-state index in [1.165, 1.54) is 7.11 Å². The first-order chi connectivity index (χ1) is 10.5. The fraction of sp³-hybridized carbons (Fsp3) is 0.188. The van der Waals surface area contributed by atoms with E-state index in [0.29, 0.717) is 16.5 Å². The summed E-state index contributed by atoms with van der Waals surface area (Å²) in [4.78, 5) is 11.1. The predicted molar refractivity (Wildman–Crippen MR) is 88.5 cm³/mol. The molecular weight excluding hydrogens is 304 g/mol. The Balaban J connectivity index is 2.17. The van der Waals surface area contributed by atoms with Crippen molar-refractivity contribution in [1.29, 1.82) is 0 Å². The third-order valence-electron chi connectivity index (χ3n) is 3.08. The SMILES string of the molecule is COC(=O)Nc1ccc(Nc2cc(C)c(Cl)cc2OC)cc1. The van der Waals surface area contributed by atoms with Crippen molar-refractivity contribution < 1.29 is 14.3 Å². The molecule has 0 radical (unpaired) electrons. The van der Waals surface area contributed by atoms with Gasteiger partial charge in [-0.15, -0.1) is 0 Å². The van der Waals surface area contributed by atoms with Crippen LogP contribution in [0.3, 0.4) is 0 Å². The number of halogens is 1. The molecule has 22 heavy (non-hydrogen) atoms. The maximum absolute atomic E-state index is 11.1. The molecule has 0 saturated heterocycles. The van der Waals surface area contributed by atoms with Crippen LogP contribution in [-0.4, -0.2) is 20.3 Å². The van der Waals surface area contributed by atoms with Crippen LogP contribution in [0.25, 0.3) is 0 Å². The first-order valence-electron chi connectivity index (χ1n) is 6.59. The summed E-state index contributed by atoms with van der Waals surface area (Å²) in [5.74, 6) is 0.660. The number of amides is 1. The number of nitrogens with one attached hydrogen (secondary N) is 2. The molecule has 0 aromatic heterocycles. The molecule has 5 nitrogen and oxygen atoms in total. The number of aryl methyl sites for hydroxylation is 1. The van der Waals surface area contributed by atoms with Crippen molar-refractivity contribution in [1.82, 2.24) is 0 Å². The highest BCUT2D eigenvalue weighted by Crippen LogP contribution is 2.33. The van der Waals surface area contributed by atoms with Crippen molar-refractivity contribution in [3.05, 3.63) is 47.0 Å². The zero-order valence-corrected chi connectivity index (χ0v) is 13.3. The highest BCUT2D eigenvalue weighted by Gasteiger charge is 2.07. The van der Waals surface area contributed by atoms with Gasteiger partial charge in [-0.1, -0.05) is 11.6 Å². The summed E-state index contributed by atoms with van der Waals surface area (Å²) < 4.78 is 9.86. The third-order valence-corrected chi connectivity index (χ3v) is 3.48. The largest absolute Gasteiger partial charge is 0.495 e. The van der Waals surface area contributed by atoms with E-state index in [-0.39, 0.29) is 0 Å². The Kier molecular flexibility index (Phi) is 5.12. The second-order valence-electron chi connectivity index (χ2n) is 4.62. The molecule has 2 rings (SSSR count). The number of benzene rings is 2. The number of anilines is 3. The Labute approximate surface area is 134 Å². The minimum atomic E-state index is -0.504. The summed E-state index contributed by atoms with van der Waals surface area (Å²) in [5, 5.41) is 6.50. The van der Waals surface area contributed by atoms with Crippen LogP contribution < -0.4 is 15.4 Å². The van der Waals surface area contributed by atoms with E-state index in [4.69, 9.17) is 16.3 Å². The Morgan fingerprint density at radius 1 is 1.09 bits per heavy atom. The number of carbonyl (C=O) groups excluding carboxylic acids is 1. The zero-order valence-electron chi connectivity index (χ0n) is 12.6. The number of hydrogen-bond donors (Lipinski definition) is 2. The fourth-order valence-electron chi connectivity index (χ4n) is 1.89. The molecule has 2 aromatic carbocycles. The van der Waals surface area contributed by atoms with Crippen molar-refractivity contribution >= 4 is 34.8 Å².